The summed E-state index contributed by atoms with van der Waals surface area (Å²) in [5.41, 5.74) is 1.96. The molecule has 3 rings (SSSR count). The fraction of sp³-hybridized carbons (Fsp3) is 0.375. The minimum absolute atomic E-state index is 0.128. The second-order valence-corrected chi connectivity index (χ2v) is 6.22. The van der Waals surface area contributed by atoms with E-state index in [0.29, 0.717) is 12.1 Å². The molecule has 0 unspecified atom stereocenters. The van der Waals surface area contributed by atoms with Gasteiger partial charge in [0.2, 0.25) is 11.8 Å². The minimum atomic E-state index is -0.742. The van der Waals surface area contributed by atoms with E-state index < -0.39 is 5.41 Å². The number of rotatable bonds is 4. The Labute approximate surface area is 133 Å². The first-order chi connectivity index (χ1) is 10.6. The average Bonchev–Trinajstić information content (AvgIpc) is 3.11. The topological polar surface area (TPSA) is 63.2 Å². The lowest BCUT2D eigenvalue weighted by atomic mass is 9.76. The number of carbonyl (C=O) groups excluding carboxylic acids is 2. The van der Waals surface area contributed by atoms with Crippen LogP contribution in [0.1, 0.15) is 36.6 Å². The molecule has 22 heavy (non-hydrogen) atoms. The van der Waals surface area contributed by atoms with Crippen molar-refractivity contribution in [3.8, 4) is 0 Å². The molecule has 2 amide bonds. The summed E-state index contributed by atoms with van der Waals surface area (Å²) in [4.78, 5) is 26.6. The molecule has 0 aliphatic carbocycles. The van der Waals surface area contributed by atoms with Crippen LogP contribution in [0.4, 0.5) is 0 Å². The normalized spacial score (nSPS) is 21.6. The molecule has 6 heteroatoms. The highest BCUT2D eigenvalue weighted by molar-refractivity contribution is 6.99. The van der Waals surface area contributed by atoms with Crippen LogP contribution >= 0.6 is 11.7 Å². The minimum Gasteiger partial charge on any atom is -0.276 e. The van der Waals surface area contributed by atoms with Gasteiger partial charge in [0, 0.05) is 6.42 Å². The van der Waals surface area contributed by atoms with Gasteiger partial charge in [0.1, 0.15) is 0 Å². The van der Waals surface area contributed by atoms with Gasteiger partial charge in [0.25, 0.3) is 0 Å². The fourth-order valence-electron chi connectivity index (χ4n) is 2.95. The third kappa shape index (κ3) is 2.33. The lowest BCUT2D eigenvalue weighted by molar-refractivity contribution is -0.140. The van der Waals surface area contributed by atoms with Crippen molar-refractivity contribution in [1.29, 1.82) is 0 Å². The zero-order valence-corrected chi connectivity index (χ0v) is 13.4. The van der Waals surface area contributed by atoms with Crippen LogP contribution in [0.3, 0.4) is 0 Å². The molecule has 1 saturated heterocycles. The fourth-order valence-corrected chi connectivity index (χ4v) is 3.38. The zero-order valence-electron chi connectivity index (χ0n) is 12.6. The molecule has 1 aliphatic rings. The van der Waals surface area contributed by atoms with Gasteiger partial charge in [-0.05, 0) is 18.9 Å². The van der Waals surface area contributed by atoms with Crippen molar-refractivity contribution in [2.45, 2.75) is 38.6 Å². The van der Waals surface area contributed by atoms with E-state index in [-0.39, 0.29) is 24.8 Å². The largest absolute Gasteiger partial charge is 0.276 e. The Kier molecular flexibility index (Phi) is 3.78. The maximum absolute atomic E-state index is 12.9. The summed E-state index contributed by atoms with van der Waals surface area (Å²) < 4.78 is 8.01. The Morgan fingerprint density at radius 1 is 1.27 bits per heavy atom. The predicted molar refractivity (Wildman–Crippen MR) is 83.2 cm³/mol. The van der Waals surface area contributed by atoms with Gasteiger partial charge >= 0.3 is 0 Å². The summed E-state index contributed by atoms with van der Waals surface area (Å²) in [6.07, 6.45) is 2.43. The molecule has 0 radical (unpaired) electrons. The number of amides is 2. The second kappa shape index (κ2) is 5.61. The number of hydrogen-bond acceptors (Lipinski definition) is 5. The third-order valence-corrected chi connectivity index (χ3v) is 4.86. The number of benzene rings is 1. The van der Waals surface area contributed by atoms with E-state index in [0.717, 1.165) is 22.9 Å². The number of likely N-dealkylation sites (tertiary alicyclic amines) is 1. The number of aryl methyl sites for hydroxylation is 1. The Morgan fingerprint density at radius 3 is 2.59 bits per heavy atom. The lowest BCUT2D eigenvalue weighted by Crippen LogP contribution is -2.37. The van der Waals surface area contributed by atoms with E-state index in [9.17, 15) is 9.59 Å². The molecule has 1 aromatic carbocycles. The summed E-state index contributed by atoms with van der Waals surface area (Å²) in [5, 5.41) is 0. The molecule has 0 N–H and O–H groups in total. The van der Waals surface area contributed by atoms with Crippen LogP contribution in [0.2, 0.25) is 0 Å². The van der Waals surface area contributed by atoms with Gasteiger partial charge in [-0.25, -0.2) is 0 Å². The van der Waals surface area contributed by atoms with Gasteiger partial charge in [-0.1, -0.05) is 36.8 Å². The molecule has 0 bridgehead atoms. The molecule has 0 spiro atoms. The van der Waals surface area contributed by atoms with Crippen LogP contribution in [0, 0.1) is 6.92 Å². The number of imide groups is 1. The van der Waals surface area contributed by atoms with Crippen molar-refractivity contribution in [1.82, 2.24) is 13.6 Å². The standard InChI is InChI=1S/C16H17N3O2S/c1-3-16(12-6-4-11(2)5-7-12)8-14(20)19(15(16)21)10-13-9-17-22-18-13/h4-7,9H,3,8,10H2,1-2H3/t16-/m0/s1. The van der Waals surface area contributed by atoms with Gasteiger partial charge in [-0.15, -0.1) is 0 Å². The van der Waals surface area contributed by atoms with E-state index in [4.69, 9.17) is 0 Å². The van der Waals surface area contributed by atoms with Crippen molar-refractivity contribution < 1.29 is 9.59 Å². The summed E-state index contributed by atoms with van der Waals surface area (Å²) in [5.74, 6) is -0.266. The zero-order chi connectivity index (χ0) is 15.7. The maximum Gasteiger partial charge on any atom is 0.240 e. The monoisotopic (exact) mass is 315 g/mol. The molecule has 1 fully saturated rings. The quantitative estimate of drug-likeness (QED) is 0.813. The van der Waals surface area contributed by atoms with E-state index in [1.54, 1.807) is 6.20 Å². The third-order valence-electron chi connectivity index (χ3n) is 4.34. The number of nitrogens with zero attached hydrogens (tertiary/aromatic N) is 3. The van der Waals surface area contributed by atoms with Gasteiger partial charge < -0.3 is 0 Å². The van der Waals surface area contributed by atoms with E-state index in [2.05, 4.69) is 8.75 Å². The van der Waals surface area contributed by atoms with Gasteiger partial charge in [-0.3, -0.25) is 14.5 Å². The molecule has 114 valence electrons. The average molecular weight is 315 g/mol. The lowest BCUT2D eigenvalue weighted by Gasteiger charge is -2.26. The highest BCUT2D eigenvalue weighted by Crippen LogP contribution is 2.40. The summed E-state index contributed by atoms with van der Waals surface area (Å²) in [6, 6.07) is 7.88. The summed E-state index contributed by atoms with van der Waals surface area (Å²) in [6.45, 7) is 4.17. The smallest absolute Gasteiger partial charge is 0.240 e. The molecule has 1 aromatic heterocycles. The first-order valence-electron chi connectivity index (χ1n) is 7.25. The van der Waals surface area contributed by atoms with Crippen LogP contribution in [0.15, 0.2) is 30.5 Å². The van der Waals surface area contributed by atoms with Gasteiger partial charge in [0.15, 0.2) is 0 Å². The molecular weight excluding hydrogens is 298 g/mol. The van der Waals surface area contributed by atoms with Crippen molar-refractivity contribution in [2.75, 3.05) is 0 Å². The molecule has 2 heterocycles. The van der Waals surface area contributed by atoms with Crippen molar-refractivity contribution in [3.63, 3.8) is 0 Å². The van der Waals surface area contributed by atoms with Crippen molar-refractivity contribution >= 4 is 23.5 Å². The molecule has 1 aliphatic heterocycles. The van der Waals surface area contributed by atoms with Crippen LogP contribution in [0.25, 0.3) is 0 Å². The van der Waals surface area contributed by atoms with Crippen LogP contribution in [-0.2, 0) is 21.5 Å². The molecule has 0 saturated carbocycles. The van der Waals surface area contributed by atoms with Gasteiger partial charge in [-0.2, -0.15) is 8.75 Å². The van der Waals surface area contributed by atoms with Crippen LogP contribution < -0.4 is 0 Å². The molecule has 2 aromatic rings. The summed E-state index contributed by atoms with van der Waals surface area (Å²) in [7, 11) is 0. The maximum atomic E-state index is 12.9. The van der Waals surface area contributed by atoms with Crippen LogP contribution in [0.5, 0.6) is 0 Å². The summed E-state index contributed by atoms with van der Waals surface area (Å²) >= 11 is 1.08. The molecule has 1 atom stereocenters. The Balaban J connectivity index is 1.94. The van der Waals surface area contributed by atoms with Crippen molar-refractivity contribution in [2.24, 2.45) is 0 Å². The molecule has 5 nitrogen and oxygen atoms in total. The predicted octanol–water partition coefficient (Wildman–Crippen LogP) is 2.45. The van der Waals surface area contributed by atoms with E-state index in [1.165, 1.54) is 4.90 Å². The number of aromatic nitrogens is 2. The first-order valence-corrected chi connectivity index (χ1v) is 7.98. The number of carbonyl (C=O) groups is 2. The molecular formula is C16H17N3O2S. The van der Waals surface area contributed by atoms with E-state index >= 15 is 0 Å². The van der Waals surface area contributed by atoms with Crippen LogP contribution in [-0.4, -0.2) is 25.5 Å². The highest BCUT2D eigenvalue weighted by Gasteiger charge is 2.51. The SMILES string of the molecule is CC[C@@]1(c2ccc(C)cc2)CC(=O)N(Cc2cnsn2)C1=O. The first kappa shape index (κ1) is 14.8. The second-order valence-electron chi connectivity index (χ2n) is 5.66. The number of hydrogen-bond donors (Lipinski definition) is 0. The Hall–Kier alpha value is -2.08. The highest BCUT2D eigenvalue weighted by atomic mass is 32.1. The Morgan fingerprint density at radius 2 is 2.00 bits per heavy atom. The Bertz CT molecular complexity index is 697. The van der Waals surface area contributed by atoms with Crippen molar-refractivity contribution in [3.05, 3.63) is 47.3 Å². The van der Waals surface area contributed by atoms with Gasteiger partial charge in [0.05, 0.1) is 35.6 Å². The van der Waals surface area contributed by atoms with E-state index in [1.807, 2.05) is 38.1 Å².